The quantitative estimate of drug-likeness (QED) is 0.620. The monoisotopic (exact) mass is 458 g/mol. The predicted molar refractivity (Wildman–Crippen MR) is 124 cm³/mol. The molecule has 1 saturated heterocycles. The Kier molecular flexibility index (Phi) is 7.23. The highest BCUT2D eigenvalue weighted by atomic mass is 32.2. The smallest absolute Gasteiger partial charge is 0.308 e. The number of aryl methyl sites for hydroxylation is 2. The van der Waals surface area contributed by atoms with E-state index in [-0.39, 0.29) is 24.3 Å². The van der Waals surface area contributed by atoms with Crippen molar-refractivity contribution >= 4 is 27.6 Å². The maximum absolute atomic E-state index is 12.9. The highest BCUT2D eigenvalue weighted by Crippen LogP contribution is 2.28. The number of ether oxygens (including phenoxy) is 1. The normalized spacial score (nSPS) is 14.8. The molecule has 8 heteroatoms. The number of para-hydroxylation sites is 1. The zero-order valence-corrected chi connectivity index (χ0v) is 19.8. The van der Waals surface area contributed by atoms with Gasteiger partial charge >= 0.3 is 5.97 Å². The molecule has 0 bridgehead atoms. The summed E-state index contributed by atoms with van der Waals surface area (Å²) in [7, 11) is -2.12. The molecule has 1 aliphatic rings. The van der Waals surface area contributed by atoms with Gasteiger partial charge in [0.1, 0.15) is 0 Å². The Hall–Kier alpha value is -2.87. The molecule has 1 heterocycles. The number of benzene rings is 2. The molecule has 0 saturated carbocycles. The minimum Gasteiger partial charge on any atom is -0.469 e. The molecule has 0 N–H and O–H groups in total. The molecule has 0 spiro atoms. The van der Waals surface area contributed by atoms with Crippen LogP contribution < -0.4 is 4.31 Å². The summed E-state index contributed by atoms with van der Waals surface area (Å²) in [6.45, 7) is 4.99. The van der Waals surface area contributed by atoms with Gasteiger partial charge in [0.25, 0.3) is 5.91 Å². The van der Waals surface area contributed by atoms with Gasteiger partial charge < -0.3 is 9.64 Å². The van der Waals surface area contributed by atoms with E-state index < -0.39 is 10.0 Å². The zero-order valence-electron chi connectivity index (χ0n) is 19.0. The molecular weight excluding hydrogens is 428 g/mol. The van der Waals surface area contributed by atoms with Gasteiger partial charge in [0.2, 0.25) is 10.0 Å². The van der Waals surface area contributed by atoms with Gasteiger partial charge in [-0.05, 0) is 55.5 Å². The van der Waals surface area contributed by atoms with Crippen LogP contribution in [0.2, 0.25) is 0 Å². The summed E-state index contributed by atoms with van der Waals surface area (Å²) in [5, 5.41) is 0. The van der Waals surface area contributed by atoms with Crippen LogP contribution in [0.15, 0.2) is 42.5 Å². The molecule has 0 aromatic heterocycles. The van der Waals surface area contributed by atoms with Crippen molar-refractivity contribution in [1.82, 2.24) is 4.90 Å². The lowest BCUT2D eigenvalue weighted by molar-refractivity contribution is -0.146. The second-order valence-corrected chi connectivity index (χ2v) is 10.2. The summed E-state index contributed by atoms with van der Waals surface area (Å²) in [6.07, 6.45) is 2.39. The van der Waals surface area contributed by atoms with Gasteiger partial charge in [-0.15, -0.1) is 0 Å². The number of methoxy groups -OCH3 is 1. The van der Waals surface area contributed by atoms with E-state index in [4.69, 9.17) is 4.74 Å². The lowest BCUT2D eigenvalue weighted by atomic mass is 9.96. The van der Waals surface area contributed by atoms with Gasteiger partial charge in [-0.25, -0.2) is 8.42 Å². The van der Waals surface area contributed by atoms with E-state index in [0.29, 0.717) is 37.2 Å². The number of carbonyl (C=O) groups is 2. The molecule has 0 atom stereocenters. The van der Waals surface area contributed by atoms with Crippen molar-refractivity contribution in [3.05, 3.63) is 64.7 Å². The number of carbonyl (C=O) groups excluding carboxylic acids is 2. The molecule has 0 radical (unpaired) electrons. The highest BCUT2D eigenvalue weighted by molar-refractivity contribution is 7.92. The van der Waals surface area contributed by atoms with E-state index in [1.54, 1.807) is 29.2 Å². The third-order valence-electron chi connectivity index (χ3n) is 5.93. The Balaban J connectivity index is 1.73. The van der Waals surface area contributed by atoms with Crippen LogP contribution in [0.5, 0.6) is 0 Å². The summed E-state index contributed by atoms with van der Waals surface area (Å²) in [5.74, 6) is -0.464. The largest absolute Gasteiger partial charge is 0.469 e. The van der Waals surface area contributed by atoms with E-state index in [0.717, 1.165) is 16.7 Å². The third kappa shape index (κ3) is 5.30. The van der Waals surface area contributed by atoms with Gasteiger partial charge in [0.05, 0.1) is 31.5 Å². The van der Waals surface area contributed by atoms with Crippen LogP contribution in [-0.4, -0.2) is 51.6 Å². The van der Waals surface area contributed by atoms with Gasteiger partial charge in [-0.2, -0.15) is 0 Å². The minimum atomic E-state index is -3.50. The number of rotatable bonds is 6. The number of esters is 1. The fourth-order valence-electron chi connectivity index (χ4n) is 4.15. The van der Waals surface area contributed by atoms with Crippen molar-refractivity contribution in [3.8, 4) is 0 Å². The number of sulfonamides is 1. The Bertz CT molecular complexity index is 1070. The van der Waals surface area contributed by atoms with E-state index in [2.05, 4.69) is 0 Å². The fourth-order valence-corrected chi connectivity index (χ4v) is 5.15. The number of anilines is 1. The summed E-state index contributed by atoms with van der Waals surface area (Å²) >= 11 is 0. The highest BCUT2D eigenvalue weighted by Gasteiger charge is 2.28. The van der Waals surface area contributed by atoms with Gasteiger partial charge in [0, 0.05) is 18.7 Å². The minimum absolute atomic E-state index is 0.0883. The molecule has 172 valence electrons. The second-order valence-electron chi connectivity index (χ2n) is 8.30. The van der Waals surface area contributed by atoms with Crippen LogP contribution in [0.1, 0.15) is 39.9 Å². The van der Waals surface area contributed by atoms with Crippen molar-refractivity contribution in [2.45, 2.75) is 33.2 Å². The van der Waals surface area contributed by atoms with Gasteiger partial charge in [-0.3, -0.25) is 13.9 Å². The molecule has 2 aromatic rings. The number of hydrogen-bond donors (Lipinski definition) is 0. The first-order valence-electron chi connectivity index (χ1n) is 10.6. The number of nitrogens with zero attached hydrogens (tertiary/aromatic N) is 2. The van der Waals surface area contributed by atoms with Crippen molar-refractivity contribution < 1.29 is 22.7 Å². The standard InChI is InChI=1S/C24H30N2O5S/c1-17-6-5-7-18(2)22(17)26(32(4,29)30)16-19-8-10-20(11-9-19)23(27)25-14-12-21(13-15-25)24(28)31-3/h5-11,21H,12-16H2,1-4H3. The van der Waals surface area contributed by atoms with Crippen molar-refractivity contribution in [2.75, 3.05) is 30.8 Å². The van der Waals surface area contributed by atoms with Crippen molar-refractivity contribution in [1.29, 1.82) is 0 Å². The van der Waals surface area contributed by atoms with Crippen LogP contribution in [-0.2, 0) is 26.1 Å². The zero-order chi connectivity index (χ0) is 23.5. The first kappa shape index (κ1) is 23.8. The SMILES string of the molecule is COC(=O)C1CCN(C(=O)c2ccc(CN(c3c(C)cccc3C)S(C)(=O)=O)cc2)CC1. The maximum Gasteiger partial charge on any atom is 0.308 e. The summed E-state index contributed by atoms with van der Waals surface area (Å²) in [6, 6.07) is 12.7. The van der Waals surface area contributed by atoms with Crippen LogP contribution in [0.25, 0.3) is 0 Å². The first-order valence-corrected chi connectivity index (χ1v) is 12.5. The average Bonchev–Trinajstić information content (AvgIpc) is 2.77. The van der Waals surface area contributed by atoms with Gasteiger partial charge in [0.15, 0.2) is 0 Å². The Morgan fingerprint density at radius 1 is 1.03 bits per heavy atom. The van der Waals surface area contributed by atoms with Crippen LogP contribution >= 0.6 is 0 Å². The van der Waals surface area contributed by atoms with Gasteiger partial charge in [-0.1, -0.05) is 30.3 Å². The molecule has 1 amide bonds. The molecule has 1 aliphatic heterocycles. The number of likely N-dealkylation sites (tertiary alicyclic amines) is 1. The van der Waals surface area contributed by atoms with E-state index in [9.17, 15) is 18.0 Å². The van der Waals surface area contributed by atoms with Crippen LogP contribution in [0, 0.1) is 19.8 Å². The molecule has 0 unspecified atom stereocenters. The molecule has 32 heavy (non-hydrogen) atoms. The molecule has 0 aliphatic carbocycles. The summed E-state index contributed by atoms with van der Waals surface area (Å²) in [5.41, 5.74) is 3.79. The molecule has 1 fully saturated rings. The van der Waals surface area contributed by atoms with Crippen molar-refractivity contribution in [2.24, 2.45) is 5.92 Å². The first-order chi connectivity index (χ1) is 15.1. The van der Waals surface area contributed by atoms with Crippen LogP contribution in [0.4, 0.5) is 5.69 Å². The summed E-state index contributed by atoms with van der Waals surface area (Å²) < 4.78 is 31.3. The van der Waals surface area contributed by atoms with E-state index in [1.165, 1.54) is 17.7 Å². The predicted octanol–water partition coefficient (Wildman–Crippen LogP) is 3.29. The topological polar surface area (TPSA) is 84.0 Å². The van der Waals surface area contributed by atoms with Crippen molar-refractivity contribution in [3.63, 3.8) is 0 Å². The lowest BCUT2D eigenvalue weighted by Gasteiger charge is -2.30. The van der Waals surface area contributed by atoms with E-state index in [1.807, 2.05) is 32.0 Å². The number of piperidine rings is 1. The molecule has 2 aromatic carbocycles. The molecule has 3 rings (SSSR count). The molecular formula is C24H30N2O5S. The van der Waals surface area contributed by atoms with Crippen LogP contribution in [0.3, 0.4) is 0 Å². The Labute approximate surface area is 190 Å². The Morgan fingerprint density at radius 2 is 1.59 bits per heavy atom. The fraction of sp³-hybridized carbons (Fsp3) is 0.417. The maximum atomic E-state index is 12.9. The second kappa shape index (κ2) is 9.73. The van der Waals surface area contributed by atoms with E-state index >= 15 is 0 Å². The molecule has 7 nitrogen and oxygen atoms in total. The number of amides is 1. The Morgan fingerprint density at radius 3 is 2.09 bits per heavy atom. The lowest BCUT2D eigenvalue weighted by Crippen LogP contribution is -2.40. The number of hydrogen-bond acceptors (Lipinski definition) is 5. The average molecular weight is 459 g/mol. The third-order valence-corrected chi connectivity index (χ3v) is 7.05. The summed E-state index contributed by atoms with van der Waals surface area (Å²) in [4.78, 5) is 26.3.